The highest BCUT2D eigenvalue weighted by Crippen LogP contribution is 2.31. The molecule has 0 spiro atoms. The van der Waals surface area contributed by atoms with Gasteiger partial charge in [-0.1, -0.05) is 39.7 Å². The predicted octanol–water partition coefficient (Wildman–Crippen LogP) is 3.16. The molecule has 3 N–H and O–H groups in total. The molecular formula is C12H10BrClN2O. The first-order valence-corrected chi connectivity index (χ1v) is 6.10. The molecule has 0 aliphatic rings. The summed E-state index contributed by atoms with van der Waals surface area (Å²) in [6.45, 7) is 0. The smallest absolute Gasteiger partial charge is 0.129 e. The SMILES string of the molecule is Nc1ncccc1C(O)c1ccc(Br)cc1Cl. The highest BCUT2D eigenvalue weighted by molar-refractivity contribution is 9.10. The van der Waals surface area contributed by atoms with Gasteiger partial charge in [-0.2, -0.15) is 0 Å². The number of rotatable bonds is 2. The van der Waals surface area contributed by atoms with Crippen molar-refractivity contribution in [1.29, 1.82) is 0 Å². The minimum atomic E-state index is -0.871. The summed E-state index contributed by atoms with van der Waals surface area (Å²) in [5.41, 5.74) is 6.87. The molecule has 1 atom stereocenters. The third-order valence-electron chi connectivity index (χ3n) is 2.42. The first-order valence-electron chi connectivity index (χ1n) is 4.93. The predicted molar refractivity (Wildman–Crippen MR) is 71.9 cm³/mol. The highest BCUT2D eigenvalue weighted by Gasteiger charge is 2.16. The van der Waals surface area contributed by atoms with Crippen LogP contribution in [0, 0.1) is 0 Å². The largest absolute Gasteiger partial charge is 0.383 e. The maximum atomic E-state index is 10.2. The van der Waals surface area contributed by atoms with E-state index in [0.29, 0.717) is 22.0 Å². The maximum Gasteiger partial charge on any atom is 0.129 e. The van der Waals surface area contributed by atoms with Gasteiger partial charge >= 0.3 is 0 Å². The molecule has 2 aromatic rings. The second-order valence-electron chi connectivity index (χ2n) is 3.55. The van der Waals surface area contributed by atoms with Crippen LogP contribution in [0.5, 0.6) is 0 Å². The van der Waals surface area contributed by atoms with Gasteiger partial charge in [0, 0.05) is 26.8 Å². The van der Waals surface area contributed by atoms with Crippen molar-refractivity contribution in [2.45, 2.75) is 6.10 Å². The molecule has 0 saturated heterocycles. The Kier molecular flexibility index (Phi) is 3.66. The first kappa shape index (κ1) is 12.4. The van der Waals surface area contributed by atoms with Gasteiger partial charge < -0.3 is 10.8 Å². The Morgan fingerprint density at radius 2 is 2.06 bits per heavy atom. The van der Waals surface area contributed by atoms with E-state index in [1.807, 2.05) is 6.07 Å². The molecule has 1 heterocycles. The summed E-state index contributed by atoms with van der Waals surface area (Å²) in [5.74, 6) is 0.305. The van der Waals surface area contributed by atoms with Crippen LogP contribution in [0.3, 0.4) is 0 Å². The average Bonchev–Trinajstić information content (AvgIpc) is 2.29. The molecule has 0 saturated carbocycles. The molecule has 17 heavy (non-hydrogen) atoms. The quantitative estimate of drug-likeness (QED) is 0.895. The molecule has 5 heteroatoms. The lowest BCUT2D eigenvalue weighted by Crippen LogP contribution is -2.05. The minimum Gasteiger partial charge on any atom is -0.383 e. The van der Waals surface area contributed by atoms with E-state index in [-0.39, 0.29) is 0 Å². The van der Waals surface area contributed by atoms with Gasteiger partial charge in [-0.05, 0) is 18.2 Å². The number of aliphatic hydroxyl groups is 1. The lowest BCUT2D eigenvalue weighted by Gasteiger charge is -2.14. The standard InChI is InChI=1S/C12H10BrClN2O/c13-7-3-4-8(10(14)6-7)11(17)9-2-1-5-16-12(9)15/h1-6,11,17H,(H2,15,16). The molecule has 2 rings (SSSR count). The summed E-state index contributed by atoms with van der Waals surface area (Å²) in [6, 6.07) is 8.75. The Labute approximate surface area is 112 Å². The van der Waals surface area contributed by atoms with Crippen LogP contribution >= 0.6 is 27.5 Å². The van der Waals surface area contributed by atoms with Crippen molar-refractivity contribution >= 4 is 33.3 Å². The van der Waals surface area contributed by atoms with Gasteiger partial charge in [0.15, 0.2) is 0 Å². The van der Waals surface area contributed by atoms with E-state index in [2.05, 4.69) is 20.9 Å². The van der Waals surface area contributed by atoms with Crippen molar-refractivity contribution in [3.8, 4) is 0 Å². The number of hydrogen-bond acceptors (Lipinski definition) is 3. The molecule has 0 aliphatic heterocycles. The third kappa shape index (κ3) is 2.60. The topological polar surface area (TPSA) is 59.1 Å². The summed E-state index contributed by atoms with van der Waals surface area (Å²) < 4.78 is 0.859. The lowest BCUT2D eigenvalue weighted by molar-refractivity contribution is 0.221. The number of nitrogens with two attached hydrogens (primary N) is 1. The van der Waals surface area contributed by atoms with E-state index in [1.165, 1.54) is 0 Å². The van der Waals surface area contributed by atoms with Crippen molar-refractivity contribution < 1.29 is 5.11 Å². The Bertz CT molecular complexity index is 548. The van der Waals surface area contributed by atoms with Crippen LogP contribution < -0.4 is 5.73 Å². The van der Waals surface area contributed by atoms with E-state index in [0.717, 1.165) is 4.47 Å². The van der Waals surface area contributed by atoms with Crippen LogP contribution in [0.15, 0.2) is 41.0 Å². The van der Waals surface area contributed by atoms with Gasteiger partial charge in [0.05, 0.1) is 0 Å². The molecule has 88 valence electrons. The molecule has 0 bridgehead atoms. The van der Waals surface area contributed by atoms with Crippen molar-refractivity contribution in [2.24, 2.45) is 0 Å². The molecule has 0 aliphatic carbocycles. The van der Waals surface area contributed by atoms with Crippen molar-refractivity contribution in [2.75, 3.05) is 5.73 Å². The maximum absolute atomic E-state index is 10.2. The molecular weight excluding hydrogens is 304 g/mol. The van der Waals surface area contributed by atoms with Gasteiger partial charge in [0.1, 0.15) is 11.9 Å². The van der Waals surface area contributed by atoms with Crippen molar-refractivity contribution in [3.63, 3.8) is 0 Å². The zero-order valence-electron chi connectivity index (χ0n) is 8.77. The van der Waals surface area contributed by atoms with Gasteiger partial charge in [-0.25, -0.2) is 4.98 Å². The van der Waals surface area contributed by atoms with E-state index >= 15 is 0 Å². The number of nitrogens with zero attached hydrogens (tertiary/aromatic N) is 1. The normalized spacial score (nSPS) is 12.4. The number of benzene rings is 1. The fraction of sp³-hybridized carbons (Fsp3) is 0.0833. The van der Waals surface area contributed by atoms with Crippen LogP contribution in [0.25, 0.3) is 0 Å². The number of aliphatic hydroxyl groups excluding tert-OH is 1. The Hall–Kier alpha value is -1.10. The van der Waals surface area contributed by atoms with E-state index in [1.54, 1.807) is 30.5 Å². The van der Waals surface area contributed by atoms with E-state index in [4.69, 9.17) is 17.3 Å². The molecule has 3 nitrogen and oxygen atoms in total. The third-order valence-corrected chi connectivity index (χ3v) is 3.24. The molecule has 1 aromatic heterocycles. The van der Waals surface area contributed by atoms with Crippen LogP contribution in [0.1, 0.15) is 17.2 Å². The summed E-state index contributed by atoms with van der Waals surface area (Å²) in [5, 5.41) is 10.7. The van der Waals surface area contributed by atoms with Crippen LogP contribution in [0.2, 0.25) is 5.02 Å². The van der Waals surface area contributed by atoms with Crippen LogP contribution in [-0.2, 0) is 0 Å². The number of nitrogen functional groups attached to an aromatic ring is 1. The van der Waals surface area contributed by atoms with E-state index in [9.17, 15) is 5.11 Å². The van der Waals surface area contributed by atoms with Crippen LogP contribution in [0.4, 0.5) is 5.82 Å². The number of pyridine rings is 1. The molecule has 0 fully saturated rings. The Morgan fingerprint density at radius 1 is 1.29 bits per heavy atom. The molecule has 1 unspecified atom stereocenters. The summed E-state index contributed by atoms with van der Waals surface area (Å²) in [6.07, 6.45) is 0.707. The summed E-state index contributed by atoms with van der Waals surface area (Å²) in [4.78, 5) is 3.94. The van der Waals surface area contributed by atoms with E-state index < -0.39 is 6.10 Å². The Balaban J connectivity index is 2.44. The fourth-order valence-electron chi connectivity index (χ4n) is 1.55. The summed E-state index contributed by atoms with van der Waals surface area (Å²) in [7, 11) is 0. The Morgan fingerprint density at radius 3 is 2.71 bits per heavy atom. The number of anilines is 1. The lowest BCUT2D eigenvalue weighted by atomic mass is 10.0. The zero-order valence-corrected chi connectivity index (χ0v) is 11.1. The highest BCUT2D eigenvalue weighted by atomic mass is 79.9. The number of aromatic nitrogens is 1. The second kappa shape index (κ2) is 5.04. The van der Waals surface area contributed by atoms with Crippen molar-refractivity contribution in [3.05, 3.63) is 57.2 Å². The minimum absolute atomic E-state index is 0.305. The van der Waals surface area contributed by atoms with Crippen LogP contribution in [-0.4, -0.2) is 10.1 Å². The fourth-order valence-corrected chi connectivity index (χ4v) is 2.33. The molecule has 1 aromatic carbocycles. The first-order chi connectivity index (χ1) is 8.09. The molecule has 0 amide bonds. The van der Waals surface area contributed by atoms with Gasteiger partial charge in [0.2, 0.25) is 0 Å². The zero-order chi connectivity index (χ0) is 12.4. The average molecular weight is 314 g/mol. The second-order valence-corrected chi connectivity index (χ2v) is 4.87. The molecule has 0 radical (unpaired) electrons. The number of hydrogen-bond donors (Lipinski definition) is 2. The van der Waals surface area contributed by atoms with Gasteiger partial charge in [0.25, 0.3) is 0 Å². The van der Waals surface area contributed by atoms with Gasteiger partial charge in [-0.3, -0.25) is 0 Å². The summed E-state index contributed by atoms with van der Waals surface area (Å²) >= 11 is 9.39. The van der Waals surface area contributed by atoms with Crippen molar-refractivity contribution in [1.82, 2.24) is 4.98 Å². The van der Waals surface area contributed by atoms with Gasteiger partial charge in [-0.15, -0.1) is 0 Å². The number of halogens is 2. The monoisotopic (exact) mass is 312 g/mol.